The highest BCUT2D eigenvalue weighted by Crippen LogP contribution is 2.44. The molecule has 0 radical (unpaired) electrons. The zero-order valence-electron chi connectivity index (χ0n) is 36.3. The van der Waals surface area contributed by atoms with Crippen molar-refractivity contribution in [2.75, 3.05) is 14.2 Å². The fourth-order valence-corrected chi connectivity index (χ4v) is 7.36. The van der Waals surface area contributed by atoms with E-state index in [1.165, 1.54) is 26.4 Å². The Hall–Kier alpha value is -7.88. The maximum atomic E-state index is 15.0. The number of alkyl carbamates (subject to hydrolysis) is 1. The summed E-state index contributed by atoms with van der Waals surface area (Å²) >= 11 is 0. The molecule has 0 aromatic heterocycles. The molecule has 0 saturated carbocycles. The van der Waals surface area contributed by atoms with Gasteiger partial charge in [0.15, 0.2) is 11.5 Å². The van der Waals surface area contributed by atoms with E-state index in [0.717, 1.165) is 0 Å². The lowest BCUT2D eigenvalue weighted by molar-refractivity contribution is -0.145. The predicted molar refractivity (Wildman–Crippen MR) is 236 cm³/mol. The van der Waals surface area contributed by atoms with Crippen molar-refractivity contribution in [3.63, 3.8) is 0 Å². The van der Waals surface area contributed by atoms with Crippen molar-refractivity contribution in [1.82, 2.24) is 26.6 Å². The van der Waals surface area contributed by atoms with Crippen LogP contribution in [-0.4, -0.2) is 67.6 Å². The summed E-state index contributed by atoms with van der Waals surface area (Å²) in [7, 11) is 2.63. The van der Waals surface area contributed by atoms with Crippen LogP contribution in [0.15, 0.2) is 121 Å². The average Bonchev–Trinajstić information content (AvgIpc) is 3.28. The van der Waals surface area contributed by atoms with Crippen LogP contribution in [0.3, 0.4) is 0 Å². The van der Waals surface area contributed by atoms with Crippen molar-refractivity contribution < 1.29 is 52.5 Å². The summed E-state index contributed by atoms with van der Waals surface area (Å²) in [5, 5.41) is 13.8. The van der Waals surface area contributed by atoms with Crippen molar-refractivity contribution in [2.24, 2.45) is 0 Å². The van der Waals surface area contributed by atoms with E-state index in [9.17, 15) is 24.0 Å². The number of methoxy groups -OCH3 is 2. The smallest absolute Gasteiger partial charge is 0.408 e. The highest BCUT2D eigenvalue weighted by molar-refractivity contribution is 5.97. The molecule has 4 aliphatic heterocycles. The third-order valence-corrected chi connectivity index (χ3v) is 10.5. The highest BCUT2D eigenvalue weighted by Gasteiger charge is 2.36. The van der Waals surface area contributed by atoms with E-state index < -0.39 is 71.5 Å². The highest BCUT2D eigenvalue weighted by atomic mass is 16.6. The quantitative estimate of drug-likeness (QED) is 0.133. The summed E-state index contributed by atoms with van der Waals surface area (Å²) in [6, 6.07) is 26.4. The Balaban J connectivity index is 1.41. The van der Waals surface area contributed by atoms with E-state index in [2.05, 4.69) is 26.6 Å². The minimum absolute atomic E-state index is 0.0190. The van der Waals surface area contributed by atoms with Crippen molar-refractivity contribution in [1.29, 1.82) is 0 Å². The monoisotopic (exact) mass is 883 g/mol. The summed E-state index contributed by atoms with van der Waals surface area (Å²) in [5.41, 5.74) is 1.24. The van der Waals surface area contributed by atoms with Crippen LogP contribution in [0.1, 0.15) is 66.7 Å². The van der Waals surface area contributed by atoms with Gasteiger partial charge < -0.3 is 50.3 Å². The number of benzene rings is 5. The molecule has 65 heavy (non-hydrogen) atoms. The van der Waals surface area contributed by atoms with E-state index in [1.54, 1.807) is 130 Å². The van der Waals surface area contributed by atoms with Crippen LogP contribution in [0.25, 0.3) is 0 Å². The molecule has 9 rings (SSSR count). The molecular weight excluding hydrogens is 835 g/mol. The van der Waals surface area contributed by atoms with Crippen LogP contribution < -0.4 is 40.8 Å². The first kappa shape index (κ1) is 45.2. The predicted octanol–water partition coefficient (Wildman–Crippen LogP) is 5.82. The molecule has 5 atom stereocenters. The number of nitrogens with one attached hydrogen (secondary N) is 5. The van der Waals surface area contributed by atoms with Crippen molar-refractivity contribution >= 4 is 35.7 Å². The molecule has 5 aromatic carbocycles. The Morgan fingerprint density at radius 2 is 1.03 bits per heavy atom. The van der Waals surface area contributed by atoms with Crippen LogP contribution in [0, 0.1) is 0 Å². The number of hydrogen-bond donors (Lipinski definition) is 5. The average molecular weight is 884 g/mol. The molecule has 5 aromatic rings. The molecule has 5 amide bonds. The standard InChI is InChI=1S/C49H49N5O11/c1-49(2,3)65-48(60)51-35-24-28-16-20-33(21-17-28)63-37-26-32-27-38(42(37)61-4)64-34-22-18-29(19-23-34)25-36(47(59)62-5)50-44(56)39(30-12-8-6-9-13-30)53-46(58)41(32)54-45(57)40(52-43(35)55)31-14-10-7-11-15-31/h6-23,26-27,35-36,39-41H,24-25H2,1-5H3,(H,50,56)(H,51,60)(H,52,55)(H,53,58)(H,54,57). The van der Waals surface area contributed by atoms with E-state index in [0.29, 0.717) is 33.8 Å². The van der Waals surface area contributed by atoms with Crippen LogP contribution in [-0.2, 0) is 46.3 Å². The van der Waals surface area contributed by atoms with E-state index in [4.69, 9.17) is 23.7 Å². The number of amides is 5. The van der Waals surface area contributed by atoms with Gasteiger partial charge in [-0.1, -0.05) is 84.9 Å². The van der Waals surface area contributed by atoms with Gasteiger partial charge in [0.05, 0.1) is 14.2 Å². The molecule has 7 bridgehead atoms. The second kappa shape index (κ2) is 19.7. The van der Waals surface area contributed by atoms with Gasteiger partial charge in [0.1, 0.15) is 47.3 Å². The topological polar surface area (TPSA) is 209 Å². The molecule has 0 aliphatic carbocycles. The molecule has 0 saturated heterocycles. The molecule has 0 spiro atoms. The van der Waals surface area contributed by atoms with E-state index in [1.807, 2.05) is 0 Å². The minimum Gasteiger partial charge on any atom is -0.490 e. The van der Waals surface area contributed by atoms with Crippen molar-refractivity contribution in [2.45, 2.75) is 69.4 Å². The molecule has 16 nitrogen and oxygen atoms in total. The first-order valence-corrected chi connectivity index (χ1v) is 20.8. The second-order valence-electron chi connectivity index (χ2n) is 16.4. The van der Waals surface area contributed by atoms with Crippen molar-refractivity contribution in [3.8, 4) is 28.7 Å². The molecule has 5 N–H and O–H groups in total. The van der Waals surface area contributed by atoms with Gasteiger partial charge in [-0.3, -0.25) is 19.2 Å². The number of hydrogen-bond acceptors (Lipinski definition) is 11. The van der Waals surface area contributed by atoms with Gasteiger partial charge in [-0.05, 0) is 85.0 Å². The molecule has 336 valence electrons. The van der Waals surface area contributed by atoms with Gasteiger partial charge in [0.2, 0.25) is 29.4 Å². The number of fused-ring (bicyclic) bond motifs is 16. The Kier molecular flexibility index (Phi) is 13.7. The number of esters is 1. The Labute approximate surface area is 375 Å². The minimum atomic E-state index is -1.63. The summed E-state index contributed by atoms with van der Waals surface area (Å²) < 4.78 is 29.3. The third kappa shape index (κ3) is 11.2. The van der Waals surface area contributed by atoms with Crippen LogP contribution >= 0.6 is 0 Å². The molecule has 0 fully saturated rings. The fourth-order valence-electron chi connectivity index (χ4n) is 7.36. The summed E-state index contributed by atoms with van der Waals surface area (Å²) in [4.78, 5) is 84.9. The lowest BCUT2D eigenvalue weighted by atomic mass is 9.99. The van der Waals surface area contributed by atoms with Gasteiger partial charge in [-0.15, -0.1) is 0 Å². The first-order valence-electron chi connectivity index (χ1n) is 20.8. The maximum Gasteiger partial charge on any atom is 0.408 e. The zero-order chi connectivity index (χ0) is 46.3. The summed E-state index contributed by atoms with van der Waals surface area (Å²) in [6.07, 6.45) is -0.845. The van der Waals surface area contributed by atoms with E-state index >= 15 is 4.79 Å². The fraction of sp³-hybridized carbons (Fsp3) is 0.265. The van der Waals surface area contributed by atoms with Crippen LogP contribution in [0.5, 0.6) is 28.7 Å². The third-order valence-electron chi connectivity index (χ3n) is 10.5. The Morgan fingerprint density at radius 3 is 1.49 bits per heavy atom. The van der Waals surface area contributed by atoms with Crippen molar-refractivity contribution in [3.05, 3.63) is 149 Å². The molecular formula is C49H49N5O11. The zero-order valence-corrected chi connectivity index (χ0v) is 36.3. The molecule has 4 aliphatic rings. The lowest BCUT2D eigenvalue weighted by Crippen LogP contribution is -2.53. The second-order valence-corrected chi connectivity index (χ2v) is 16.4. The van der Waals surface area contributed by atoms with Gasteiger partial charge >= 0.3 is 12.1 Å². The summed E-state index contributed by atoms with van der Waals surface area (Å²) in [6.45, 7) is 5.06. The maximum absolute atomic E-state index is 15.0. The largest absolute Gasteiger partial charge is 0.490 e. The molecule has 4 heterocycles. The number of carbonyl (C=O) groups excluding carboxylic acids is 6. The Bertz CT molecular complexity index is 2550. The van der Waals surface area contributed by atoms with Crippen LogP contribution in [0.4, 0.5) is 4.79 Å². The van der Waals surface area contributed by atoms with E-state index in [-0.39, 0.29) is 35.7 Å². The van der Waals surface area contributed by atoms with Gasteiger partial charge in [0, 0.05) is 12.8 Å². The van der Waals surface area contributed by atoms with Crippen LogP contribution in [0.2, 0.25) is 0 Å². The Morgan fingerprint density at radius 1 is 0.585 bits per heavy atom. The van der Waals surface area contributed by atoms with Gasteiger partial charge in [-0.2, -0.15) is 0 Å². The first-order chi connectivity index (χ1) is 31.2. The number of rotatable bonds is 5. The van der Waals surface area contributed by atoms with Gasteiger partial charge in [-0.25, -0.2) is 9.59 Å². The lowest BCUT2D eigenvalue weighted by Gasteiger charge is -2.29. The van der Waals surface area contributed by atoms with Gasteiger partial charge in [0.25, 0.3) is 0 Å². The number of carbonyl (C=O) groups is 6. The normalized spacial score (nSPS) is 20.2. The molecule has 5 unspecified atom stereocenters. The molecule has 16 heteroatoms. The SMILES string of the molecule is COC(=O)C1Cc2ccc(cc2)Oc2cc3cc(c2OC)Oc2ccc(cc2)CC(NC(=O)OC(C)(C)C)C(=O)NC(c2ccccc2)C(=O)NC3C(=O)NC(c2ccccc2)C(=O)N1. The summed E-state index contributed by atoms with van der Waals surface area (Å²) in [5.74, 6) is -2.92. The number of ether oxygens (including phenoxy) is 5.